The lowest BCUT2D eigenvalue weighted by Gasteiger charge is -2.44. The van der Waals surface area contributed by atoms with Gasteiger partial charge in [-0.3, -0.25) is 4.44 Å². The molecule has 55 heavy (non-hydrogen) atoms. The van der Waals surface area contributed by atoms with Gasteiger partial charge in [-0.05, 0) is 95.0 Å². The number of hydrogen-bond donors (Lipinski definition) is 0. The van der Waals surface area contributed by atoms with Gasteiger partial charge in [-0.2, -0.15) is 0 Å². The van der Waals surface area contributed by atoms with Crippen LogP contribution in [0.25, 0.3) is 0 Å². The van der Waals surface area contributed by atoms with Crippen LogP contribution in [0.5, 0.6) is 11.5 Å². The van der Waals surface area contributed by atoms with E-state index in [-0.39, 0.29) is 21.7 Å². The summed E-state index contributed by atoms with van der Waals surface area (Å²) in [5.74, 6) is 2.07. The predicted octanol–water partition coefficient (Wildman–Crippen LogP) is 14.0. The standard InChI is InChI=1S/C50H71NO2P2/c1-16-17-30-51(55-43(35-24-20-18-21-25-35)28-29-44(55)36-26-22-19-23-27-36)54(37-31-39(47(2,3)4)45(52-14)40(32-37)48(5,6)7)38-33-41(49(8,9)10)46(53-15)42(34-38)50(11,12)13/h18-27,31-34,43-44H,16-17,28-30H2,1-15H3/t43-,44-/m1/s1. The first kappa shape index (κ1) is 43.4. The van der Waals surface area contributed by atoms with Crippen molar-refractivity contribution in [2.45, 2.75) is 149 Å². The lowest BCUT2D eigenvalue weighted by molar-refractivity contribution is 0.381. The second-order valence-electron chi connectivity index (χ2n) is 19.7. The molecule has 4 aromatic carbocycles. The van der Waals surface area contributed by atoms with Gasteiger partial charge in [0.25, 0.3) is 0 Å². The molecule has 1 heterocycles. The van der Waals surface area contributed by atoms with Crippen molar-refractivity contribution in [3.8, 4) is 11.5 Å². The van der Waals surface area contributed by atoms with Crippen LogP contribution in [0.15, 0.2) is 84.9 Å². The molecule has 0 spiro atoms. The van der Waals surface area contributed by atoms with Crippen LogP contribution in [-0.2, 0) is 21.7 Å². The Bertz CT molecular complexity index is 1670. The Balaban J connectivity index is 1.96. The fourth-order valence-electron chi connectivity index (χ4n) is 8.28. The molecule has 0 aliphatic carbocycles. The second-order valence-corrected chi connectivity index (χ2v) is 24.7. The Morgan fingerprint density at radius 2 is 0.891 bits per heavy atom. The molecular weight excluding hydrogens is 709 g/mol. The summed E-state index contributed by atoms with van der Waals surface area (Å²) in [6.07, 6.45) is 4.71. The van der Waals surface area contributed by atoms with Crippen LogP contribution in [0, 0.1) is 0 Å². The first-order chi connectivity index (χ1) is 25.7. The molecule has 298 valence electrons. The highest BCUT2D eigenvalue weighted by Gasteiger charge is 2.45. The Morgan fingerprint density at radius 3 is 1.16 bits per heavy atom. The summed E-state index contributed by atoms with van der Waals surface area (Å²) in [5, 5.41) is 2.86. The van der Waals surface area contributed by atoms with E-state index in [0.717, 1.165) is 30.9 Å². The van der Waals surface area contributed by atoms with Crippen LogP contribution in [0.1, 0.15) is 160 Å². The van der Waals surface area contributed by atoms with Gasteiger partial charge in [-0.15, -0.1) is 0 Å². The van der Waals surface area contributed by atoms with Gasteiger partial charge in [0, 0.05) is 48.2 Å². The van der Waals surface area contributed by atoms with Gasteiger partial charge in [0.1, 0.15) is 11.5 Å². The molecule has 5 heteroatoms. The van der Waals surface area contributed by atoms with Crippen molar-refractivity contribution in [3.05, 3.63) is 118 Å². The summed E-state index contributed by atoms with van der Waals surface area (Å²) in [6.45, 7) is 31.6. The minimum atomic E-state index is -1.01. The van der Waals surface area contributed by atoms with Gasteiger partial charge in [0.15, 0.2) is 0 Å². The van der Waals surface area contributed by atoms with E-state index in [1.807, 2.05) is 14.2 Å². The predicted molar refractivity (Wildman–Crippen MR) is 243 cm³/mol. The summed E-state index contributed by atoms with van der Waals surface area (Å²) in [5.41, 5.74) is 8.67. The number of nitrogens with zero attached hydrogens (tertiary/aromatic N) is 1. The topological polar surface area (TPSA) is 21.7 Å². The van der Waals surface area contributed by atoms with Gasteiger partial charge >= 0.3 is 0 Å². The first-order valence-corrected chi connectivity index (χ1v) is 23.4. The minimum absolute atomic E-state index is 0.110. The summed E-state index contributed by atoms with van der Waals surface area (Å²) in [7, 11) is 2.06. The van der Waals surface area contributed by atoms with Gasteiger partial charge < -0.3 is 9.47 Å². The number of methoxy groups -OCH3 is 2. The third-order valence-corrected chi connectivity index (χ3v) is 17.6. The summed E-state index contributed by atoms with van der Waals surface area (Å²) >= 11 is 0. The van der Waals surface area contributed by atoms with Crippen molar-refractivity contribution >= 4 is 26.8 Å². The van der Waals surface area contributed by atoms with Gasteiger partial charge in [-0.1, -0.05) is 157 Å². The Labute approximate surface area is 338 Å². The molecule has 0 unspecified atom stereocenters. The summed E-state index contributed by atoms with van der Waals surface area (Å²) < 4.78 is 15.9. The first-order valence-electron chi connectivity index (χ1n) is 20.6. The normalized spacial score (nSPS) is 17.3. The molecule has 1 saturated heterocycles. The summed E-state index contributed by atoms with van der Waals surface area (Å²) in [4.78, 5) is 0. The molecule has 4 aromatic rings. The highest BCUT2D eigenvalue weighted by Crippen LogP contribution is 2.76. The molecule has 2 atom stereocenters. The largest absolute Gasteiger partial charge is 0.496 e. The number of ether oxygens (including phenoxy) is 2. The zero-order valence-corrected chi connectivity index (χ0v) is 38.7. The van der Waals surface area contributed by atoms with Crippen molar-refractivity contribution in [2.75, 3.05) is 20.8 Å². The average Bonchev–Trinajstić information content (AvgIpc) is 3.56. The van der Waals surface area contributed by atoms with Gasteiger partial charge in [-0.25, -0.2) is 0 Å². The van der Waals surface area contributed by atoms with Crippen LogP contribution in [0.4, 0.5) is 0 Å². The third-order valence-electron chi connectivity index (χ3n) is 11.2. The quantitative estimate of drug-likeness (QED) is 0.142. The lowest BCUT2D eigenvalue weighted by Crippen LogP contribution is -2.32. The number of rotatable bonds is 11. The van der Waals surface area contributed by atoms with E-state index in [0.29, 0.717) is 11.3 Å². The Hall–Kier alpha value is -2.70. The van der Waals surface area contributed by atoms with Gasteiger partial charge in [0.05, 0.1) is 14.2 Å². The second kappa shape index (κ2) is 17.0. The monoisotopic (exact) mass is 779 g/mol. The highest BCUT2D eigenvalue weighted by molar-refractivity contribution is 7.79. The molecular formula is C50H71NO2P2. The molecule has 0 bridgehead atoms. The molecule has 3 nitrogen and oxygen atoms in total. The Morgan fingerprint density at radius 1 is 0.564 bits per heavy atom. The van der Waals surface area contributed by atoms with E-state index in [2.05, 4.69) is 179 Å². The van der Waals surface area contributed by atoms with Crippen molar-refractivity contribution in [3.63, 3.8) is 0 Å². The van der Waals surface area contributed by atoms with Crippen molar-refractivity contribution in [1.29, 1.82) is 0 Å². The molecule has 1 aliphatic rings. The molecule has 0 N–H and O–H groups in total. The van der Waals surface area contributed by atoms with E-state index < -0.39 is 16.1 Å². The fourth-order valence-corrected chi connectivity index (χ4v) is 15.9. The van der Waals surface area contributed by atoms with Crippen LogP contribution in [0.3, 0.4) is 0 Å². The zero-order chi connectivity index (χ0) is 40.5. The van der Waals surface area contributed by atoms with Crippen molar-refractivity contribution in [1.82, 2.24) is 4.44 Å². The van der Waals surface area contributed by atoms with E-state index in [1.54, 1.807) is 0 Å². The molecule has 0 aromatic heterocycles. The van der Waals surface area contributed by atoms with Crippen LogP contribution >= 0.6 is 16.1 Å². The molecule has 1 aliphatic heterocycles. The SMILES string of the molecule is CCCCN(P(c1cc(C(C)(C)C)c(OC)c(C(C)(C)C)c1)c1cc(C(C)(C)C)c(OC)c(C(C)(C)C)c1)P1[C@@H](c2ccccc2)CC[C@@H]1c1ccccc1. The van der Waals surface area contributed by atoms with Crippen LogP contribution < -0.4 is 20.1 Å². The summed E-state index contributed by atoms with van der Waals surface area (Å²) in [6, 6.07) is 33.2. The van der Waals surface area contributed by atoms with E-state index in [9.17, 15) is 0 Å². The maximum Gasteiger partial charge on any atom is 0.126 e. The number of hydrogen-bond acceptors (Lipinski definition) is 3. The molecule has 0 radical (unpaired) electrons. The average molecular weight is 780 g/mol. The third kappa shape index (κ3) is 9.54. The zero-order valence-electron chi connectivity index (χ0n) is 36.9. The molecule has 0 amide bonds. The van der Waals surface area contributed by atoms with Crippen molar-refractivity contribution in [2.24, 2.45) is 0 Å². The van der Waals surface area contributed by atoms with Crippen LogP contribution in [-0.4, -0.2) is 25.2 Å². The van der Waals surface area contributed by atoms with Crippen LogP contribution in [0.2, 0.25) is 0 Å². The highest BCUT2D eigenvalue weighted by atomic mass is 31.2. The van der Waals surface area contributed by atoms with E-state index in [1.165, 1.54) is 56.8 Å². The van der Waals surface area contributed by atoms with E-state index in [4.69, 9.17) is 9.47 Å². The van der Waals surface area contributed by atoms with Gasteiger partial charge in [0.2, 0.25) is 0 Å². The van der Waals surface area contributed by atoms with E-state index >= 15 is 0 Å². The fraction of sp³-hybridized carbons (Fsp3) is 0.520. The minimum Gasteiger partial charge on any atom is -0.496 e. The number of unbranched alkanes of at least 4 members (excludes halogenated alkanes) is 1. The Kier molecular flexibility index (Phi) is 13.4. The smallest absolute Gasteiger partial charge is 0.126 e. The lowest BCUT2D eigenvalue weighted by atomic mass is 9.79. The molecule has 0 saturated carbocycles. The molecule has 5 rings (SSSR count). The maximum absolute atomic E-state index is 6.38. The van der Waals surface area contributed by atoms with Crippen molar-refractivity contribution < 1.29 is 9.47 Å². The number of benzene rings is 4. The molecule has 1 fully saturated rings. The maximum atomic E-state index is 6.38.